The molecule has 0 aromatic carbocycles. The molecule has 3 saturated carbocycles. The second-order valence-corrected chi connectivity index (χ2v) is 7.06. The molecule has 22 heavy (non-hydrogen) atoms. The van der Waals surface area contributed by atoms with Crippen molar-refractivity contribution in [2.24, 2.45) is 29.6 Å². The number of esters is 3. The quantitative estimate of drug-likeness (QED) is 0.435. The number of hydrogen-bond acceptors (Lipinski definition) is 6. The van der Waals surface area contributed by atoms with E-state index in [-0.39, 0.29) is 23.4 Å². The zero-order valence-corrected chi connectivity index (χ0v) is 12.5. The van der Waals surface area contributed by atoms with Gasteiger partial charge in [-0.25, -0.2) is 9.59 Å². The largest absolute Gasteiger partial charge is 0.455 e. The van der Waals surface area contributed by atoms with E-state index in [1.54, 1.807) is 0 Å². The summed E-state index contributed by atoms with van der Waals surface area (Å²) in [6.07, 6.45) is 0.438. The number of carbonyl (C=O) groups is 3. The van der Waals surface area contributed by atoms with Gasteiger partial charge in [-0.15, -0.1) is 0 Å². The molecule has 7 atom stereocenters. The summed E-state index contributed by atoms with van der Waals surface area (Å²) in [4.78, 5) is 35.2. The normalized spacial score (nSPS) is 46.0. The third-order valence-electron chi connectivity index (χ3n) is 5.79. The lowest BCUT2D eigenvalue weighted by molar-refractivity contribution is -0.181. The zero-order valence-electron chi connectivity index (χ0n) is 12.5. The third-order valence-corrected chi connectivity index (χ3v) is 5.79. The van der Waals surface area contributed by atoms with Gasteiger partial charge in [0.15, 0.2) is 12.2 Å². The summed E-state index contributed by atoms with van der Waals surface area (Å²) in [7, 11) is 0. The average molecular weight is 306 g/mol. The summed E-state index contributed by atoms with van der Waals surface area (Å²) < 4.78 is 15.9. The van der Waals surface area contributed by atoms with Crippen LogP contribution >= 0.6 is 0 Å². The maximum Gasteiger partial charge on any atom is 0.344 e. The molecule has 6 heteroatoms. The van der Waals surface area contributed by atoms with Gasteiger partial charge in [0.25, 0.3) is 0 Å². The van der Waals surface area contributed by atoms with E-state index in [2.05, 4.69) is 6.58 Å². The maximum atomic E-state index is 12.0. The number of carbonyl (C=O) groups excluding carboxylic acids is 3. The molecule has 1 saturated heterocycles. The first-order chi connectivity index (χ1) is 10.3. The second kappa shape index (κ2) is 4.12. The standard InChI is InChI=1S/C16H18O6/c1-6(2)14(18)20-5-9(17)21-13-11-7-4-8-12(10(7)11)16(13,3)22-15(8)19/h7-8,10-13H,1,4-5H2,2-3H3. The second-order valence-electron chi connectivity index (χ2n) is 7.06. The van der Waals surface area contributed by atoms with E-state index >= 15 is 0 Å². The predicted molar refractivity (Wildman–Crippen MR) is 72.2 cm³/mol. The van der Waals surface area contributed by atoms with E-state index in [4.69, 9.17) is 14.2 Å². The van der Waals surface area contributed by atoms with Crippen LogP contribution < -0.4 is 0 Å². The van der Waals surface area contributed by atoms with E-state index < -0.39 is 30.3 Å². The highest BCUT2D eigenvalue weighted by atomic mass is 16.6. The van der Waals surface area contributed by atoms with E-state index in [0.29, 0.717) is 17.8 Å². The molecule has 4 rings (SSSR count). The first kappa shape index (κ1) is 13.8. The monoisotopic (exact) mass is 306 g/mol. The molecule has 1 heterocycles. The van der Waals surface area contributed by atoms with Crippen LogP contribution in [0.1, 0.15) is 20.3 Å². The molecule has 4 fully saturated rings. The van der Waals surface area contributed by atoms with Gasteiger partial charge in [-0.3, -0.25) is 4.79 Å². The Morgan fingerprint density at radius 2 is 2.14 bits per heavy atom. The van der Waals surface area contributed by atoms with Crippen molar-refractivity contribution in [3.8, 4) is 0 Å². The lowest BCUT2D eigenvalue weighted by atomic mass is 9.85. The predicted octanol–water partition coefficient (Wildman–Crippen LogP) is 0.845. The fourth-order valence-corrected chi connectivity index (χ4v) is 5.02. The molecule has 0 amide bonds. The minimum atomic E-state index is -0.710. The minimum Gasteiger partial charge on any atom is -0.455 e. The Morgan fingerprint density at radius 1 is 1.41 bits per heavy atom. The van der Waals surface area contributed by atoms with Crippen molar-refractivity contribution in [1.29, 1.82) is 0 Å². The molecule has 0 N–H and O–H groups in total. The van der Waals surface area contributed by atoms with Crippen LogP contribution in [0.25, 0.3) is 0 Å². The SMILES string of the molecule is C=C(C)C(=O)OCC(=O)OC1C2C3CC4C(=O)OC1(C)C4C32. The van der Waals surface area contributed by atoms with E-state index in [1.807, 2.05) is 6.92 Å². The van der Waals surface area contributed by atoms with E-state index in [1.165, 1.54) is 6.92 Å². The Labute approximate surface area is 127 Å². The van der Waals surface area contributed by atoms with Crippen molar-refractivity contribution >= 4 is 17.9 Å². The Balaban J connectivity index is 1.44. The molecule has 3 aliphatic carbocycles. The van der Waals surface area contributed by atoms with Gasteiger partial charge in [-0.05, 0) is 32.1 Å². The first-order valence-electron chi connectivity index (χ1n) is 7.59. The fraction of sp³-hybridized carbons (Fsp3) is 0.688. The van der Waals surface area contributed by atoms with Crippen LogP contribution in [-0.4, -0.2) is 36.2 Å². The van der Waals surface area contributed by atoms with Crippen molar-refractivity contribution in [3.63, 3.8) is 0 Å². The molecule has 4 aliphatic rings. The molecule has 0 radical (unpaired) electrons. The van der Waals surface area contributed by atoms with E-state index in [0.717, 1.165) is 6.42 Å². The number of hydrogen-bond donors (Lipinski definition) is 0. The van der Waals surface area contributed by atoms with Gasteiger partial charge in [0.1, 0.15) is 6.10 Å². The van der Waals surface area contributed by atoms with Gasteiger partial charge >= 0.3 is 17.9 Å². The Kier molecular flexibility index (Phi) is 2.58. The van der Waals surface area contributed by atoms with Gasteiger partial charge in [0.05, 0.1) is 5.92 Å². The van der Waals surface area contributed by atoms with Crippen LogP contribution in [0.2, 0.25) is 0 Å². The summed E-state index contributed by atoms with van der Waals surface area (Å²) in [6, 6.07) is 0. The van der Waals surface area contributed by atoms with Crippen molar-refractivity contribution in [3.05, 3.63) is 12.2 Å². The third kappa shape index (κ3) is 1.58. The summed E-state index contributed by atoms with van der Waals surface area (Å²) >= 11 is 0. The topological polar surface area (TPSA) is 78.9 Å². The van der Waals surface area contributed by atoms with Gasteiger partial charge < -0.3 is 14.2 Å². The summed E-state index contributed by atoms with van der Waals surface area (Å²) in [5, 5.41) is 0. The van der Waals surface area contributed by atoms with Gasteiger partial charge in [0.2, 0.25) is 0 Å². The van der Waals surface area contributed by atoms with Crippen LogP contribution in [0.5, 0.6) is 0 Å². The summed E-state index contributed by atoms with van der Waals surface area (Å²) in [5.74, 6) is -0.0254. The van der Waals surface area contributed by atoms with Crippen LogP contribution in [0.4, 0.5) is 0 Å². The molecule has 118 valence electrons. The molecule has 0 spiro atoms. The highest BCUT2D eigenvalue weighted by molar-refractivity contribution is 5.88. The molecular formula is C16H18O6. The smallest absolute Gasteiger partial charge is 0.344 e. The van der Waals surface area contributed by atoms with Crippen LogP contribution in [0.15, 0.2) is 12.2 Å². The van der Waals surface area contributed by atoms with Crippen molar-refractivity contribution < 1.29 is 28.6 Å². The van der Waals surface area contributed by atoms with Gasteiger partial charge in [-0.2, -0.15) is 0 Å². The lowest BCUT2D eigenvalue weighted by Gasteiger charge is -2.32. The van der Waals surface area contributed by atoms with Gasteiger partial charge in [0, 0.05) is 17.4 Å². The molecule has 6 nitrogen and oxygen atoms in total. The van der Waals surface area contributed by atoms with Crippen LogP contribution in [0, 0.1) is 29.6 Å². The Morgan fingerprint density at radius 3 is 2.82 bits per heavy atom. The first-order valence-corrected chi connectivity index (χ1v) is 7.59. The molecule has 1 aliphatic heterocycles. The summed E-state index contributed by atoms with van der Waals surface area (Å²) in [6.45, 7) is 6.38. The van der Waals surface area contributed by atoms with Crippen molar-refractivity contribution in [2.75, 3.05) is 6.61 Å². The molecule has 0 aromatic heterocycles. The average Bonchev–Trinajstić information content (AvgIpc) is 2.75. The highest BCUT2D eigenvalue weighted by Crippen LogP contribution is 2.76. The number of fused-ring (bicyclic) bond motifs is 1. The summed E-state index contributed by atoms with van der Waals surface area (Å²) in [5.41, 5.74) is -0.480. The molecule has 7 unspecified atom stereocenters. The molecule has 0 bridgehead atoms. The highest BCUT2D eigenvalue weighted by Gasteiger charge is 2.83. The van der Waals surface area contributed by atoms with Crippen LogP contribution in [-0.2, 0) is 28.6 Å². The number of ether oxygens (including phenoxy) is 3. The Bertz CT molecular complexity index is 610. The lowest BCUT2D eigenvalue weighted by Crippen LogP contribution is -2.45. The van der Waals surface area contributed by atoms with Crippen molar-refractivity contribution in [2.45, 2.75) is 32.0 Å². The van der Waals surface area contributed by atoms with E-state index in [9.17, 15) is 14.4 Å². The molecule has 0 aromatic rings. The Hall–Kier alpha value is -1.85. The molecular weight excluding hydrogens is 288 g/mol. The van der Waals surface area contributed by atoms with Crippen LogP contribution in [0.3, 0.4) is 0 Å². The minimum absolute atomic E-state index is 0.0267. The fourth-order valence-electron chi connectivity index (χ4n) is 5.02. The zero-order chi connectivity index (χ0) is 15.8. The van der Waals surface area contributed by atoms with Crippen molar-refractivity contribution in [1.82, 2.24) is 0 Å². The number of rotatable bonds is 4. The maximum absolute atomic E-state index is 12.0. The van der Waals surface area contributed by atoms with Gasteiger partial charge in [-0.1, -0.05) is 6.58 Å².